The average molecular weight is 456 g/mol. The van der Waals surface area contributed by atoms with E-state index in [0.29, 0.717) is 5.32 Å². The average Bonchev–Trinajstić information content (AvgIpc) is 2.91. The fourth-order valence-corrected chi connectivity index (χ4v) is 2.73. The third-order valence-corrected chi connectivity index (χ3v) is 4.27. The molecule has 2 aliphatic heterocycles. The first kappa shape index (κ1) is 23.8. The number of nitrogens with one attached hydrogen (secondary N) is 2. The minimum absolute atomic E-state index is 0.00471. The quantitative estimate of drug-likeness (QED) is 0.628. The van der Waals surface area contributed by atoms with Crippen LogP contribution in [0.3, 0.4) is 0 Å². The van der Waals surface area contributed by atoms with E-state index in [4.69, 9.17) is 4.74 Å². The summed E-state index contributed by atoms with van der Waals surface area (Å²) >= 11 is 0. The molecule has 0 bridgehead atoms. The summed E-state index contributed by atoms with van der Waals surface area (Å²) in [5, 5.41) is 0.0494. The largest absolute Gasteiger partial charge is 0.434 e. The maximum atomic E-state index is 13.4. The highest BCUT2D eigenvalue weighted by atomic mass is 19.4. The molecule has 0 radical (unpaired) electrons. The summed E-state index contributed by atoms with van der Waals surface area (Å²) in [5.41, 5.74) is -11.5. The minimum Gasteiger partial charge on any atom is -0.379 e. The molecular weight excluding hydrogens is 444 g/mol. The van der Waals surface area contributed by atoms with E-state index in [0.717, 1.165) is 4.90 Å². The molecule has 2 aliphatic rings. The van der Waals surface area contributed by atoms with Crippen molar-refractivity contribution in [3.05, 3.63) is 0 Å². The lowest BCUT2D eigenvalue weighted by Gasteiger charge is -2.37. The first-order chi connectivity index (χ1) is 12.9. The van der Waals surface area contributed by atoms with E-state index in [9.17, 15) is 52.7 Å². The Balaban J connectivity index is 2.65. The number of amidine groups is 1. The lowest BCUT2D eigenvalue weighted by atomic mass is 9.97. The van der Waals surface area contributed by atoms with Crippen molar-refractivity contribution in [2.45, 2.75) is 35.9 Å². The van der Waals surface area contributed by atoms with Crippen LogP contribution in [-0.4, -0.2) is 79.6 Å². The number of nitrogens with zero attached hydrogens (tertiary/aromatic N) is 2. The number of rotatable bonds is 2. The second kappa shape index (κ2) is 7.04. The van der Waals surface area contributed by atoms with Crippen molar-refractivity contribution in [3.63, 3.8) is 0 Å². The van der Waals surface area contributed by atoms with Gasteiger partial charge in [0.25, 0.3) is 11.2 Å². The fourth-order valence-electron chi connectivity index (χ4n) is 2.73. The molecule has 2 saturated heterocycles. The number of ether oxygens (including phenoxy) is 1. The molecule has 0 unspecified atom stereocenters. The lowest BCUT2D eigenvalue weighted by Crippen LogP contribution is -2.75. The van der Waals surface area contributed by atoms with Crippen molar-refractivity contribution < 1.29 is 57.4 Å². The minimum atomic E-state index is -6.65. The zero-order valence-corrected chi connectivity index (χ0v) is 13.9. The SMILES string of the molecule is FC(F)(F)C1(C(F)(F)F)NC(=NCN2CCOCC2)C(C(F)(F)F)(C(F)(F)F)N1. The molecule has 5 nitrogen and oxygen atoms in total. The van der Waals surface area contributed by atoms with Crippen LogP contribution in [0.25, 0.3) is 0 Å². The number of hydrogen-bond acceptors (Lipinski definition) is 4. The maximum Gasteiger partial charge on any atom is 0.434 e. The number of hydrogen-bond donors (Lipinski definition) is 2. The topological polar surface area (TPSA) is 48.9 Å². The van der Waals surface area contributed by atoms with Gasteiger partial charge in [-0.1, -0.05) is 0 Å². The van der Waals surface area contributed by atoms with Gasteiger partial charge in [0.2, 0.25) is 0 Å². The monoisotopic (exact) mass is 456 g/mol. The van der Waals surface area contributed by atoms with Gasteiger partial charge >= 0.3 is 24.7 Å². The summed E-state index contributed by atoms with van der Waals surface area (Å²) < 4.78 is 164. The van der Waals surface area contributed by atoms with E-state index >= 15 is 0 Å². The summed E-state index contributed by atoms with van der Waals surface area (Å²) in [4.78, 5) is 3.92. The lowest BCUT2D eigenvalue weighted by molar-refractivity contribution is -0.334. The number of morpholine rings is 1. The molecule has 0 spiro atoms. The standard InChI is InChI=1S/C12H12F12N4O/c13-9(14,15)7(10(16,17)18)6(25-5-28-1-3-29-4-2-28)26-8(27-7,11(19,20)21)12(22,23)24/h27H,1-5H2,(H,25,26). The van der Waals surface area contributed by atoms with E-state index < -0.39 is 48.4 Å². The van der Waals surface area contributed by atoms with Crippen LogP contribution in [0.4, 0.5) is 52.7 Å². The predicted molar refractivity (Wildman–Crippen MR) is 70.6 cm³/mol. The predicted octanol–water partition coefficient (Wildman–Crippen LogP) is 2.55. The van der Waals surface area contributed by atoms with Gasteiger partial charge in [0, 0.05) is 13.1 Å². The molecular formula is C12H12F12N4O. The van der Waals surface area contributed by atoms with E-state index in [-0.39, 0.29) is 31.6 Å². The second-order valence-electron chi connectivity index (χ2n) is 6.12. The third-order valence-electron chi connectivity index (χ3n) is 4.27. The van der Waals surface area contributed by atoms with Gasteiger partial charge in [-0.05, 0) is 0 Å². The van der Waals surface area contributed by atoms with Gasteiger partial charge in [0.1, 0.15) is 5.84 Å². The zero-order chi connectivity index (χ0) is 22.5. The fraction of sp³-hybridized carbons (Fsp3) is 0.917. The molecule has 29 heavy (non-hydrogen) atoms. The van der Waals surface area contributed by atoms with Crippen molar-refractivity contribution in [2.24, 2.45) is 4.99 Å². The first-order valence-electron chi connectivity index (χ1n) is 7.58. The van der Waals surface area contributed by atoms with Crippen LogP contribution >= 0.6 is 0 Å². The summed E-state index contributed by atoms with van der Waals surface area (Å²) in [6.45, 7) is -1.14. The molecule has 2 rings (SSSR count). The van der Waals surface area contributed by atoms with Crippen LogP contribution in [0.2, 0.25) is 0 Å². The van der Waals surface area contributed by atoms with Gasteiger partial charge in [-0.3, -0.25) is 15.2 Å². The molecule has 17 heteroatoms. The Bertz CT molecular complexity index is 601. The van der Waals surface area contributed by atoms with Crippen LogP contribution in [0, 0.1) is 0 Å². The smallest absolute Gasteiger partial charge is 0.379 e. The number of halogens is 12. The third kappa shape index (κ3) is 3.83. The molecule has 2 N–H and O–H groups in total. The van der Waals surface area contributed by atoms with Gasteiger partial charge < -0.3 is 10.1 Å². The van der Waals surface area contributed by atoms with Gasteiger partial charge in [0.15, 0.2) is 0 Å². The summed E-state index contributed by atoms with van der Waals surface area (Å²) in [5.74, 6) is -2.58. The molecule has 0 aromatic carbocycles. The second-order valence-corrected chi connectivity index (χ2v) is 6.12. The Morgan fingerprint density at radius 2 is 1.24 bits per heavy atom. The maximum absolute atomic E-state index is 13.4. The molecule has 0 aromatic heterocycles. The summed E-state index contributed by atoms with van der Waals surface area (Å²) in [6.07, 6.45) is -26.6. The highest BCUT2D eigenvalue weighted by Gasteiger charge is 2.87. The molecule has 2 heterocycles. The van der Waals surface area contributed by atoms with Gasteiger partial charge in [-0.15, -0.1) is 0 Å². The summed E-state index contributed by atoms with van der Waals surface area (Å²) in [7, 11) is 0. The van der Waals surface area contributed by atoms with Crippen molar-refractivity contribution in [2.75, 3.05) is 33.0 Å². The Morgan fingerprint density at radius 3 is 1.62 bits per heavy atom. The van der Waals surface area contributed by atoms with E-state index in [2.05, 4.69) is 4.99 Å². The molecule has 0 aromatic rings. The molecule has 0 amide bonds. The summed E-state index contributed by atoms with van der Waals surface area (Å²) in [6, 6.07) is 0. The van der Waals surface area contributed by atoms with Crippen molar-refractivity contribution in [1.29, 1.82) is 0 Å². The van der Waals surface area contributed by atoms with Crippen molar-refractivity contribution in [1.82, 2.24) is 15.5 Å². The highest BCUT2D eigenvalue weighted by Crippen LogP contribution is 2.53. The molecule has 170 valence electrons. The molecule has 0 saturated carbocycles. The Morgan fingerprint density at radius 1 is 0.793 bits per heavy atom. The Hall–Kier alpha value is -1.49. The van der Waals surface area contributed by atoms with Gasteiger partial charge in [-0.25, -0.2) is 0 Å². The normalized spacial score (nSPS) is 25.3. The van der Waals surface area contributed by atoms with Crippen LogP contribution in [0.1, 0.15) is 0 Å². The molecule has 0 atom stereocenters. The van der Waals surface area contributed by atoms with Crippen LogP contribution in [0.5, 0.6) is 0 Å². The zero-order valence-electron chi connectivity index (χ0n) is 13.9. The molecule has 0 aliphatic carbocycles. The van der Waals surface area contributed by atoms with Crippen molar-refractivity contribution in [3.8, 4) is 0 Å². The van der Waals surface area contributed by atoms with Crippen LogP contribution < -0.4 is 10.6 Å². The van der Waals surface area contributed by atoms with Gasteiger partial charge in [-0.2, -0.15) is 52.7 Å². The van der Waals surface area contributed by atoms with Crippen LogP contribution in [-0.2, 0) is 4.74 Å². The highest BCUT2D eigenvalue weighted by molar-refractivity contribution is 5.96. The van der Waals surface area contributed by atoms with E-state index in [1.165, 1.54) is 0 Å². The van der Waals surface area contributed by atoms with Crippen molar-refractivity contribution >= 4 is 5.84 Å². The van der Waals surface area contributed by atoms with E-state index in [1.54, 1.807) is 0 Å². The van der Waals surface area contributed by atoms with Crippen LogP contribution in [0.15, 0.2) is 4.99 Å². The molecule has 2 fully saturated rings. The Kier molecular flexibility index (Phi) is 5.77. The van der Waals surface area contributed by atoms with Gasteiger partial charge in [0.05, 0.1) is 19.9 Å². The first-order valence-corrected chi connectivity index (χ1v) is 7.58. The Labute approximate surface area is 154 Å². The number of alkyl halides is 12. The van der Waals surface area contributed by atoms with E-state index in [1.807, 2.05) is 0 Å². The number of aliphatic imine (C=N–C) groups is 1.